The molecule has 0 bridgehead atoms. The van der Waals surface area contributed by atoms with Crippen LogP contribution in [0.15, 0.2) is 52.9 Å². The summed E-state index contributed by atoms with van der Waals surface area (Å²) in [7, 11) is 3.86. The molecule has 1 heterocycles. The third-order valence-electron chi connectivity index (χ3n) is 3.50. The average molecular weight is 358 g/mol. The molecule has 0 atom stereocenters. The predicted molar refractivity (Wildman–Crippen MR) is 94.6 cm³/mol. The van der Waals surface area contributed by atoms with Gasteiger partial charge in [0.15, 0.2) is 6.61 Å². The molecule has 0 aliphatic carbocycles. The number of aromatic nitrogens is 2. The SMILES string of the molecule is CN(C)c1ccc(C(=O)OCc2nnc(-c3ccc(Cl)cc3)o2)cc1. The number of rotatable bonds is 5. The molecule has 0 amide bonds. The van der Waals surface area contributed by atoms with Gasteiger partial charge in [-0.2, -0.15) is 0 Å². The van der Waals surface area contributed by atoms with Crippen molar-refractivity contribution >= 4 is 23.3 Å². The fraction of sp³-hybridized carbons (Fsp3) is 0.167. The number of hydrogen-bond donors (Lipinski definition) is 0. The van der Waals surface area contributed by atoms with E-state index in [1.807, 2.05) is 31.1 Å². The van der Waals surface area contributed by atoms with Crippen LogP contribution in [0.5, 0.6) is 0 Å². The summed E-state index contributed by atoms with van der Waals surface area (Å²) >= 11 is 5.85. The summed E-state index contributed by atoms with van der Waals surface area (Å²) < 4.78 is 10.7. The number of hydrogen-bond acceptors (Lipinski definition) is 6. The molecule has 0 saturated heterocycles. The summed E-state index contributed by atoms with van der Waals surface area (Å²) in [5, 5.41) is 8.45. The van der Waals surface area contributed by atoms with Crippen molar-refractivity contribution in [3.8, 4) is 11.5 Å². The number of esters is 1. The number of nitrogens with zero attached hydrogens (tertiary/aromatic N) is 3. The molecule has 2 aromatic carbocycles. The Morgan fingerprint density at radius 2 is 1.76 bits per heavy atom. The van der Waals surface area contributed by atoms with E-state index in [9.17, 15) is 4.79 Å². The largest absolute Gasteiger partial charge is 0.452 e. The molecule has 0 saturated carbocycles. The first kappa shape index (κ1) is 17.0. The Balaban J connectivity index is 1.61. The second-order valence-corrected chi connectivity index (χ2v) is 5.96. The van der Waals surface area contributed by atoms with Crippen molar-refractivity contribution in [3.05, 3.63) is 65.0 Å². The summed E-state index contributed by atoms with van der Waals surface area (Å²) in [4.78, 5) is 14.0. The van der Waals surface area contributed by atoms with Gasteiger partial charge in [-0.3, -0.25) is 0 Å². The quantitative estimate of drug-likeness (QED) is 0.647. The zero-order chi connectivity index (χ0) is 17.8. The fourth-order valence-corrected chi connectivity index (χ4v) is 2.25. The minimum absolute atomic E-state index is 0.0884. The van der Waals surface area contributed by atoms with Crippen LogP contribution in [0.1, 0.15) is 16.2 Å². The Morgan fingerprint density at radius 1 is 1.08 bits per heavy atom. The van der Waals surface area contributed by atoms with Crippen molar-refractivity contribution in [1.82, 2.24) is 10.2 Å². The first-order chi connectivity index (χ1) is 12.0. The van der Waals surface area contributed by atoms with Gasteiger partial charge < -0.3 is 14.1 Å². The molecule has 7 heteroatoms. The molecular formula is C18H16ClN3O3. The van der Waals surface area contributed by atoms with E-state index >= 15 is 0 Å². The summed E-state index contributed by atoms with van der Waals surface area (Å²) in [6.07, 6.45) is 0. The van der Waals surface area contributed by atoms with Gasteiger partial charge in [-0.15, -0.1) is 10.2 Å². The molecule has 128 valence electrons. The van der Waals surface area contributed by atoms with Crippen molar-refractivity contribution in [1.29, 1.82) is 0 Å². The summed E-state index contributed by atoms with van der Waals surface area (Å²) in [6.45, 7) is -0.0884. The number of carbonyl (C=O) groups excluding carboxylic acids is 1. The third kappa shape index (κ3) is 4.16. The lowest BCUT2D eigenvalue weighted by Gasteiger charge is -2.12. The lowest BCUT2D eigenvalue weighted by atomic mass is 10.2. The summed E-state index contributed by atoms with van der Waals surface area (Å²) in [5.74, 6) is 0.123. The standard InChI is InChI=1S/C18H16ClN3O3/c1-22(2)15-9-5-13(6-10-15)18(23)24-11-16-20-21-17(25-16)12-3-7-14(19)8-4-12/h3-10H,11H2,1-2H3. The molecule has 0 aliphatic rings. The molecular weight excluding hydrogens is 342 g/mol. The van der Waals surface area contributed by atoms with Gasteiger partial charge in [0.05, 0.1) is 5.56 Å². The molecule has 1 aromatic heterocycles. The molecule has 3 rings (SSSR count). The van der Waals surface area contributed by atoms with E-state index in [1.54, 1.807) is 36.4 Å². The van der Waals surface area contributed by atoms with E-state index in [-0.39, 0.29) is 12.5 Å². The van der Waals surface area contributed by atoms with Gasteiger partial charge >= 0.3 is 5.97 Å². The predicted octanol–water partition coefficient (Wildman–Crippen LogP) is 3.81. The van der Waals surface area contributed by atoms with Gasteiger partial charge in [-0.25, -0.2) is 4.79 Å². The Bertz CT molecular complexity index is 858. The molecule has 0 aliphatic heterocycles. The van der Waals surface area contributed by atoms with Crippen LogP contribution in [0.25, 0.3) is 11.5 Å². The number of halogens is 1. The van der Waals surface area contributed by atoms with Gasteiger partial charge in [-0.1, -0.05) is 11.6 Å². The highest BCUT2D eigenvalue weighted by Gasteiger charge is 2.12. The smallest absolute Gasteiger partial charge is 0.338 e. The van der Waals surface area contributed by atoms with E-state index in [0.29, 0.717) is 16.5 Å². The summed E-state index contributed by atoms with van der Waals surface area (Å²) in [6, 6.07) is 14.1. The van der Waals surface area contributed by atoms with Crippen LogP contribution < -0.4 is 4.90 Å². The maximum absolute atomic E-state index is 12.1. The Labute approximate surface area is 150 Å². The molecule has 0 radical (unpaired) electrons. The zero-order valence-corrected chi connectivity index (χ0v) is 14.5. The van der Waals surface area contributed by atoms with Crippen molar-refractivity contribution < 1.29 is 13.9 Å². The Kier molecular flexibility index (Phi) is 5.00. The highest BCUT2D eigenvalue weighted by Crippen LogP contribution is 2.20. The zero-order valence-electron chi connectivity index (χ0n) is 13.8. The van der Waals surface area contributed by atoms with Gasteiger partial charge in [0.2, 0.25) is 5.89 Å². The van der Waals surface area contributed by atoms with Crippen LogP contribution in [-0.2, 0) is 11.3 Å². The second kappa shape index (κ2) is 7.36. The van der Waals surface area contributed by atoms with E-state index in [1.165, 1.54) is 0 Å². The molecule has 0 spiro atoms. The Morgan fingerprint density at radius 3 is 2.40 bits per heavy atom. The van der Waals surface area contributed by atoms with E-state index in [4.69, 9.17) is 20.8 Å². The van der Waals surface area contributed by atoms with Crippen LogP contribution in [-0.4, -0.2) is 30.3 Å². The van der Waals surface area contributed by atoms with Crippen LogP contribution in [0, 0.1) is 0 Å². The van der Waals surface area contributed by atoms with Crippen molar-refractivity contribution in [2.24, 2.45) is 0 Å². The van der Waals surface area contributed by atoms with Crippen molar-refractivity contribution in [3.63, 3.8) is 0 Å². The normalized spacial score (nSPS) is 10.5. The fourth-order valence-electron chi connectivity index (χ4n) is 2.13. The van der Waals surface area contributed by atoms with Crippen LogP contribution in [0.4, 0.5) is 5.69 Å². The molecule has 25 heavy (non-hydrogen) atoms. The second-order valence-electron chi connectivity index (χ2n) is 5.53. The monoisotopic (exact) mass is 357 g/mol. The van der Waals surface area contributed by atoms with Gasteiger partial charge in [0.1, 0.15) is 0 Å². The van der Waals surface area contributed by atoms with Crippen molar-refractivity contribution in [2.75, 3.05) is 19.0 Å². The maximum Gasteiger partial charge on any atom is 0.338 e. The minimum atomic E-state index is -0.448. The molecule has 0 unspecified atom stereocenters. The lowest BCUT2D eigenvalue weighted by molar-refractivity contribution is 0.0438. The van der Waals surface area contributed by atoms with Gasteiger partial charge in [0.25, 0.3) is 5.89 Å². The third-order valence-corrected chi connectivity index (χ3v) is 3.76. The van der Waals surface area contributed by atoms with Gasteiger partial charge in [0, 0.05) is 30.4 Å². The molecule has 3 aromatic rings. The molecule has 0 fully saturated rings. The average Bonchev–Trinajstić information content (AvgIpc) is 3.09. The highest BCUT2D eigenvalue weighted by atomic mass is 35.5. The minimum Gasteiger partial charge on any atom is -0.452 e. The van der Waals surface area contributed by atoms with Crippen molar-refractivity contribution in [2.45, 2.75) is 6.61 Å². The first-order valence-corrected chi connectivity index (χ1v) is 7.93. The van der Waals surface area contributed by atoms with Crippen LogP contribution in [0.3, 0.4) is 0 Å². The van der Waals surface area contributed by atoms with E-state index in [0.717, 1.165) is 11.3 Å². The van der Waals surface area contributed by atoms with Crippen LogP contribution >= 0.6 is 11.6 Å². The number of carbonyl (C=O) groups is 1. The molecule has 0 N–H and O–H groups in total. The van der Waals surface area contributed by atoms with Gasteiger partial charge in [-0.05, 0) is 48.5 Å². The topological polar surface area (TPSA) is 68.5 Å². The van der Waals surface area contributed by atoms with Crippen LogP contribution in [0.2, 0.25) is 5.02 Å². The first-order valence-electron chi connectivity index (χ1n) is 7.56. The number of benzene rings is 2. The lowest BCUT2D eigenvalue weighted by Crippen LogP contribution is -2.09. The number of ether oxygens (including phenoxy) is 1. The Hall–Kier alpha value is -2.86. The van der Waals surface area contributed by atoms with E-state index in [2.05, 4.69) is 10.2 Å². The molecule has 6 nitrogen and oxygen atoms in total. The highest BCUT2D eigenvalue weighted by molar-refractivity contribution is 6.30. The summed E-state index contributed by atoms with van der Waals surface area (Å²) in [5.41, 5.74) is 2.21. The number of anilines is 1. The maximum atomic E-state index is 12.1. The van der Waals surface area contributed by atoms with E-state index < -0.39 is 5.97 Å².